The molecule has 4 rings (SSSR count). The van der Waals surface area contributed by atoms with Gasteiger partial charge in [-0.2, -0.15) is 4.40 Å². The Hall–Kier alpha value is -1.58. The Morgan fingerprint density at radius 2 is 1.88 bits per heavy atom. The molecule has 6 nitrogen and oxygen atoms in total. The molecule has 0 spiro atoms. The summed E-state index contributed by atoms with van der Waals surface area (Å²) in [5.41, 5.74) is 3.56. The molecule has 0 aliphatic heterocycles. The Balaban J connectivity index is 1.61. The van der Waals surface area contributed by atoms with Gasteiger partial charge in [0.2, 0.25) is 10.0 Å². The molecule has 0 heterocycles. The molecule has 0 bridgehead atoms. The van der Waals surface area contributed by atoms with Crippen molar-refractivity contribution in [1.29, 1.82) is 0 Å². The third-order valence-electron chi connectivity index (χ3n) is 6.67. The number of rotatable bonds is 9. The highest BCUT2D eigenvalue weighted by Crippen LogP contribution is 2.47. The highest BCUT2D eigenvalue weighted by molar-refractivity contribution is 7.88. The minimum absolute atomic E-state index is 0.267. The van der Waals surface area contributed by atoms with Gasteiger partial charge < -0.3 is 0 Å². The lowest BCUT2D eigenvalue weighted by atomic mass is 9.60. The molecule has 1 N–H and O–H groups in total. The van der Waals surface area contributed by atoms with E-state index in [4.69, 9.17) is 15.8 Å². The number of halogens is 1. The van der Waals surface area contributed by atoms with Crippen LogP contribution in [-0.4, -0.2) is 30.7 Å². The number of sulfonamides is 1. The molecule has 2 aliphatic carbocycles. The minimum atomic E-state index is -3.49. The fourth-order valence-electron chi connectivity index (χ4n) is 4.98. The van der Waals surface area contributed by atoms with E-state index in [1.54, 1.807) is 0 Å². The topological polar surface area (TPSA) is 84.8 Å². The maximum Gasteiger partial charge on any atom is 0.284 e. The number of nitrogens with zero attached hydrogens (tertiary/aromatic N) is 1. The fourth-order valence-corrected chi connectivity index (χ4v) is 6.71. The molecule has 1 saturated carbocycles. The van der Waals surface area contributed by atoms with E-state index in [9.17, 15) is 12.6 Å². The first-order valence-corrected chi connectivity index (χ1v) is 14.9. The van der Waals surface area contributed by atoms with E-state index in [1.165, 1.54) is 0 Å². The number of benzene rings is 2. The predicted molar refractivity (Wildman–Crippen MR) is 138 cm³/mol. The van der Waals surface area contributed by atoms with Gasteiger partial charge in [0.05, 0.1) is 12.3 Å². The zero-order valence-corrected chi connectivity index (χ0v) is 22.0. The Morgan fingerprint density at radius 1 is 1.21 bits per heavy atom. The maximum absolute atomic E-state index is 13.2. The van der Waals surface area contributed by atoms with Gasteiger partial charge in [-0.1, -0.05) is 68.3 Å². The van der Waals surface area contributed by atoms with E-state index < -0.39 is 33.4 Å². The molecular weight excluding hydrogens is 492 g/mol. The van der Waals surface area contributed by atoms with Gasteiger partial charge in [0.25, 0.3) is 11.3 Å². The first-order chi connectivity index (χ1) is 16.1. The van der Waals surface area contributed by atoms with Crippen LogP contribution >= 0.6 is 11.6 Å². The van der Waals surface area contributed by atoms with Crippen molar-refractivity contribution in [1.82, 2.24) is 4.72 Å². The summed E-state index contributed by atoms with van der Waals surface area (Å²) in [6, 6.07) is 14.8. The second-order valence-electron chi connectivity index (χ2n) is 9.70. The van der Waals surface area contributed by atoms with Crippen LogP contribution < -0.4 is 4.72 Å². The first kappa shape index (κ1) is 25.5. The molecule has 184 valence electrons. The summed E-state index contributed by atoms with van der Waals surface area (Å²) in [6.45, 7) is 4.24. The van der Waals surface area contributed by atoms with Crippen LogP contribution in [0.2, 0.25) is 5.02 Å². The minimum Gasteiger partial charge on any atom is -0.267 e. The van der Waals surface area contributed by atoms with Crippen molar-refractivity contribution in [2.45, 2.75) is 63.5 Å². The maximum atomic E-state index is 13.2. The Kier molecular flexibility index (Phi) is 7.64. The van der Waals surface area contributed by atoms with Gasteiger partial charge in [-0.15, -0.1) is 0 Å². The summed E-state index contributed by atoms with van der Waals surface area (Å²) in [5.74, 6) is 0.330. The van der Waals surface area contributed by atoms with Crippen LogP contribution in [0.3, 0.4) is 0 Å². The van der Waals surface area contributed by atoms with Gasteiger partial charge in [-0.25, -0.2) is 17.3 Å². The molecule has 0 aromatic heterocycles. The lowest BCUT2D eigenvalue weighted by Crippen LogP contribution is -2.43. The Labute approximate surface area is 210 Å². The van der Waals surface area contributed by atoms with Crippen molar-refractivity contribution in [3.8, 4) is 0 Å². The zero-order chi connectivity index (χ0) is 24.5. The molecule has 2 aromatic carbocycles. The molecule has 0 unspecified atom stereocenters. The standard InChI is InChI=1S/C25H31ClN2O4S2/c1-17(2)15-23(25(13-6-14-25)19-9-11-20(26)12-10-19)27-33(29)32-22-16-18-7-4-5-8-21(18)24(22)28-34(3,30)31/h4-5,7-12,17,22,24,28H,6,13-16H2,1-3H3/t22-,24+,33+/m0/s1. The summed E-state index contributed by atoms with van der Waals surface area (Å²) in [4.78, 5) is 0. The average molecular weight is 523 g/mol. The lowest BCUT2D eigenvalue weighted by Gasteiger charge is -2.44. The molecule has 2 aliphatic rings. The van der Waals surface area contributed by atoms with Crippen molar-refractivity contribution in [2.24, 2.45) is 10.3 Å². The van der Waals surface area contributed by atoms with E-state index in [1.807, 2.05) is 48.5 Å². The van der Waals surface area contributed by atoms with Gasteiger partial charge in [0, 0.05) is 22.6 Å². The van der Waals surface area contributed by atoms with Crippen LogP contribution in [-0.2, 0) is 37.3 Å². The lowest BCUT2D eigenvalue weighted by molar-refractivity contribution is 0.199. The summed E-state index contributed by atoms with van der Waals surface area (Å²) in [6.07, 6.45) is 4.62. The molecule has 0 radical (unpaired) electrons. The molecule has 0 amide bonds. The van der Waals surface area contributed by atoms with Crippen molar-refractivity contribution >= 4 is 38.6 Å². The second kappa shape index (κ2) is 10.2. The van der Waals surface area contributed by atoms with Crippen LogP contribution in [0.25, 0.3) is 0 Å². The van der Waals surface area contributed by atoms with Crippen molar-refractivity contribution in [2.75, 3.05) is 6.26 Å². The van der Waals surface area contributed by atoms with Gasteiger partial charge in [-0.3, -0.25) is 4.18 Å². The Bertz CT molecular complexity index is 1190. The molecule has 1 fully saturated rings. The summed E-state index contributed by atoms with van der Waals surface area (Å²) in [5, 5.41) is 0.678. The third kappa shape index (κ3) is 5.62. The van der Waals surface area contributed by atoms with E-state index in [0.29, 0.717) is 23.8 Å². The van der Waals surface area contributed by atoms with Gasteiger partial charge in [0.15, 0.2) is 0 Å². The van der Waals surface area contributed by atoms with Gasteiger partial charge >= 0.3 is 0 Å². The molecule has 9 heteroatoms. The number of nitrogens with one attached hydrogen (secondary N) is 1. The Morgan fingerprint density at radius 3 is 2.47 bits per heavy atom. The van der Waals surface area contributed by atoms with Crippen molar-refractivity contribution in [3.05, 3.63) is 70.2 Å². The third-order valence-corrected chi connectivity index (χ3v) is 8.39. The quantitative estimate of drug-likeness (QED) is 0.466. The highest BCUT2D eigenvalue weighted by atomic mass is 35.5. The van der Waals surface area contributed by atoms with Gasteiger partial charge in [0.1, 0.15) is 6.10 Å². The zero-order valence-electron chi connectivity index (χ0n) is 19.7. The van der Waals surface area contributed by atoms with E-state index in [-0.39, 0.29) is 5.41 Å². The highest BCUT2D eigenvalue weighted by Gasteiger charge is 2.44. The number of hydrogen-bond donors (Lipinski definition) is 1. The normalized spacial score (nSPS) is 22.9. The smallest absolute Gasteiger partial charge is 0.267 e. The first-order valence-electron chi connectivity index (χ1n) is 11.6. The van der Waals surface area contributed by atoms with Crippen LogP contribution in [0.4, 0.5) is 0 Å². The number of hydrogen-bond acceptors (Lipinski definition) is 4. The van der Waals surface area contributed by atoms with Crippen LogP contribution in [0.15, 0.2) is 52.9 Å². The van der Waals surface area contributed by atoms with Crippen LogP contribution in [0, 0.1) is 5.92 Å². The monoisotopic (exact) mass is 522 g/mol. The molecule has 34 heavy (non-hydrogen) atoms. The summed E-state index contributed by atoms with van der Waals surface area (Å²) < 4.78 is 50.4. The van der Waals surface area contributed by atoms with Crippen molar-refractivity contribution in [3.63, 3.8) is 0 Å². The second-order valence-corrected chi connectivity index (χ2v) is 12.7. The summed E-state index contributed by atoms with van der Waals surface area (Å²) in [7, 11) is -3.49. The van der Waals surface area contributed by atoms with E-state index in [2.05, 4.69) is 23.0 Å². The van der Waals surface area contributed by atoms with Crippen LogP contribution in [0.5, 0.6) is 0 Å². The largest absolute Gasteiger partial charge is 0.284 e. The summed E-state index contributed by atoms with van der Waals surface area (Å²) >= 11 is 4.16. The van der Waals surface area contributed by atoms with Crippen molar-refractivity contribution < 1.29 is 16.8 Å². The molecule has 0 saturated heterocycles. The SMILES string of the molecule is CC(C)CC(=N[S@](=O)O[C@H]1Cc2ccccc2[C@H]1NS(C)(=O)=O)C1(c2ccc(Cl)cc2)CCC1. The molecule has 2 aromatic rings. The molecular formula is C25H31ClN2O4S2. The van der Waals surface area contributed by atoms with Crippen LogP contribution in [0.1, 0.15) is 62.3 Å². The van der Waals surface area contributed by atoms with E-state index in [0.717, 1.165) is 47.9 Å². The predicted octanol–water partition coefficient (Wildman–Crippen LogP) is 5.06. The number of fused-ring (bicyclic) bond motifs is 1. The fraction of sp³-hybridized carbons (Fsp3) is 0.480. The van der Waals surface area contributed by atoms with Gasteiger partial charge in [-0.05, 0) is 54.0 Å². The molecule has 3 atom stereocenters. The van der Waals surface area contributed by atoms with E-state index >= 15 is 0 Å². The average Bonchev–Trinajstić information content (AvgIpc) is 3.03.